The fourth-order valence-corrected chi connectivity index (χ4v) is 3.15. The van der Waals surface area contributed by atoms with Crippen molar-refractivity contribution < 1.29 is 19.8 Å². The van der Waals surface area contributed by atoms with Crippen LogP contribution in [0.1, 0.15) is 34.0 Å². The number of nitrogens with zero attached hydrogens (tertiary/aromatic N) is 1. The van der Waals surface area contributed by atoms with E-state index >= 15 is 0 Å². The zero-order chi connectivity index (χ0) is 21.7. The van der Waals surface area contributed by atoms with Gasteiger partial charge in [0.05, 0.1) is 5.56 Å². The Labute approximate surface area is 173 Å². The van der Waals surface area contributed by atoms with Gasteiger partial charge in [-0.15, -0.1) is 0 Å². The van der Waals surface area contributed by atoms with Crippen LogP contribution in [0.25, 0.3) is 0 Å². The minimum absolute atomic E-state index is 0.176. The summed E-state index contributed by atoms with van der Waals surface area (Å²) >= 11 is 0. The Morgan fingerprint density at radius 2 is 1.43 bits per heavy atom. The molecule has 3 aromatic rings. The van der Waals surface area contributed by atoms with Gasteiger partial charge in [-0.25, -0.2) is 4.79 Å². The number of carboxylic acids is 1. The quantitative estimate of drug-likeness (QED) is 0.357. The molecule has 0 aliphatic carbocycles. The third-order valence-corrected chi connectivity index (χ3v) is 4.74. The van der Waals surface area contributed by atoms with Gasteiger partial charge in [0.15, 0.2) is 11.2 Å². The number of aliphatic carboxylic acids is 1. The molecule has 0 aliphatic heterocycles. The number of aromatic nitrogens is 1. The Hall–Kier alpha value is -3.93. The number of hydrogen-bond donors (Lipinski definition) is 2. The molecule has 0 atom stereocenters. The summed E-state index contributed by atoms with van der Waals surface area (Å²) in [6.07, 6.45) is 3.43. The van der Waals surface area contributed by atoms with E-state index in [1.807, 2.05) is 60.7 Å². The molecule has 2 aromatic carbocycles. The molecular weight excluding hydrogens is 382 g/mol. The van der Waals surface area contributed by atoms with Crippen molar-refractivity contribution in [3.8, 4) is 0 Å². The number of allylic oxidation sites excluding steroid dienone is 1. The van der Waals surface area contributed by atoms with Crippen molar-refractivity contribution in [2.24, 2.45) is 0 Å². The SMILES string of the molecule is CC(C(=O)c1cn(Cc2ccccc2)cc(Cc2ccccc2)c1=O)=C(O)C(=O)O. The number of aliphatic hydroxyl groups excluding tert-OH is 1. The van der Waals surface area contributed by atoms with E-state index in [2.05, 4.69) is 0 Å². The Morgan fingerprint density at radius 1 is 0.867 bits per heavy atom. The lowest BCUT2D eigenvalue weighted by Gasteiger charge is -2.13. The smallest absolute Gasteiger partial charge is 0.371 e. The van der Waals surface area contributed by atoms with E-state index in [0.717, 1.165) is 11.1 Å². The zero-order valence-corrected chi connectivity index (χ0v) is 16.4. The van der Waals surface area contributed by atoms with Gasteiger partial charge in [-0.3, -0.25) is 9.59 Å². The Morgan fingerprint density at radius 3 is 2.00 bits per heavy atom. The van der Waals surface area contributed by atoms with Gasteiger partial charge in [0.1, 0.15) is 0 Å². The molecule has 0 bridgehead atoms. The average Bonchev–Trinajstić information content (AvgIpc) is 2.75. The first-order valence-electron chi connectivity index (χ1n) is 9.35. The molecule has 0 radical (unpaired) electrons. The monoisotopic (exact) mass is 403 g/mol. The van der Waals surface area contributed by atoms with Crippen molar-refractivity contribution in [3.63, 3.8) is 0 Å². The molecular formula is C24H21NO5. The first kappa shape index (κ1) is 20.8. The van der Waals surface area contributed by atoms with Gasteiger partial charge in [0.2, 0.25) is 5.76 Å². The van der Waals surface area contributed by atoms with Crippen LogP contribution in [0.2, 0.25) is 0 Å². The minimum atomic E-state index is -1.62. The van der Waals surface area contributed by atoms with Gasteiger partial charge in [-0.1, -0.05) is 60.7 Å². The topological polar surface area (TPSA) is 96.6 Å². The number of carbonyl (C=O) groups excluding carboxylic acids is 1. The predicted octanol–water partition coefficient (Wildman–Crippen LogP) is 3.59. The summed E-state index contributed by atoms with van der Waals surface area (Å²) in [6.45, 7) is 1.62. The van der Waals surface area contributed by atoms with Crippen LogP contribution in [-0.4, -0.2) is 26.5 Å². The summed E-state index contributed by atoms with van der Waals surface area (Å²) in [6, 6.07) is 18.9. The maximum absolute atomic E-state index is 13.0. The molecule has 0 aliphatic rings. The van der Waals surface area contributed by atoms with Crippen molar-refractivity contribution in [2.75, 3.05) is 0 Å². The van der Waals surface area contributed by atoms with E-state index in [-0.39, 0.29) is 11.1 Å². The fourth-order valence-electron chi connectivity index (χ4n) is 3.15. The second-order valence-electron chi connectivity index (χ2n) is 6.95. The number of rotatable bonds is 7. The molecule has 0 unspecified atom stereocenters. The summed E-state index contributed by atoms with van der Waals surface area (Å²) in [4.78, 5) is 36.9. The summed E-state index contributed by atoms with van der Waals surface area (Å²) in [7, 11) is 0. The van der Waals surface area contributed by atoms with Crippen LogP contribution in [0.3, 0.4) is 0 Å². The Kier molecular flexibility index (Phi) is 6.27. The standard InChI is InChI=1S/C24H21NO5/c1-16(22(27)24(29)30)21(26)20-15-25(13-18-10-6-3-7-11-18)14-19(23(20)28)12-17-8-4-2-5-9-17/h2-11,14-15,27H,12-13H2,1H3,(H,29,30). The molecule has 30 heavy (non-hydrogen) atoms. The lowest BCUT2D eigenvalue weighted by Crippen LogP contribution is -2.24. The molecule has 0 amide bonds. The fraction of sp³-hybridized carbons (Fsp3) is 0.125. The highest BCUT2D eigenvalue weighted by molar-refractivity contribution is 6.11. The van der Waals surface area contributed by atoms with Crippen molar-refractivity contribution in [2.45, 2.75) is 19.9 Å². The van der Waals surface area contributed by atoms with E-state index < -0.39 is 22.9 Å². The van der Waals surface area contributed by atoms with Crippen LogP contribution >= 0.6 is 0 Å². The third-order valence-electron chi connectivity index (χ3n) is 4.74. The van der Waals surface area contributed by atoms with Gasteiger partial charge < -0.3 is 14.8 Å². The number of ketones is 1. The van der Waals surface area contributed by atoms with Crippen LogP contribution in [0.4, 0.5) is 0 Å². The largest absolute Gasteiger partial charge is 0.502 e. The number of aliphatic hydroxyl groups is 1. The van der Waals surface area contributed by atoms with Gasteiger partial charge in [0.25, 0.3) is 0 Å². The normalized spacial score (nSPS) is 11.6. The number of carboxylic acid groups (broad SMARTS) is 1. The molecule has 0 spiro atoms. The molecule has 6 heteroatoms. The van der Waals surface area contributed by atoms with Crippen LogP contribution in [0, 0.1) is 0 Å². The lowest BCUT2D eigenvalue weighted by atomic mass is 9.99. The minimum Gasteiger partial charge on any atom is -0.502 e. The molecule has 0 saturated carbocycles. The number of carbonyl (C=O) groups is 2. The number of hydrogen-bond acceptors (Lipinski definition) is 4. The highest BCUT2D eigenvalue weighted by Crippen LogP contribution is 2.13. The number of benzene rings is 2. The summed E-state index contributed by atoms with van der Waals surface area (Å²) in [5.41, 5.74) is 1.25. The van der Waals surface area contributed by atoms with Gasteiger partial charge >= 0.3 is 5.97 Å². The van der Waals surface area contributed by atoms with E-state index in [4.69, 9.17) is 5.11 Å². The molecule has 6 nitrogen and oxygen atoms in total. The zero-order valence-electron chi connectivity index (χ0n) is 16.4. The summed E-state index contributed by atoms with van der Waals surface area (Å²) in [5.74, 6) is -3.50. The molecule has 152 valence electrons. The molecule has 1 aromatic heterocycles. The Bertz CT molecular complexity index is 1160. The van der Waals surface area contributed by atoms with Crippen LogP contribution in [-0.2, 0) is 17.8 Å². The third kappa shape index (κ3) is 4.72. The van der Waals surface area contributed by atoms with Gasteiger partial charge in [-0.2, -0.15) is 0 Å². The maximum atomic E-state index is 13.0. The van der Waals surface area contributed by atoms with Gasteiger partial charge in [0, 0.05) is 36.5 Å². The average molecular weight is 403 g/mol. The van der Waals surface area contributed by atoms with Crippen LogP contribution < -0.4 is 5.43 Å². The first-order chi connectivity index (χ1) is 14.4. The Balaban J connectivity index is 2.10. The number of pyridine rings is 1. The first-order valence-corrected chi connectivity index (χ1v) is 9.35. The molecule has 2 N–H and O–H groups in total. The van der Waals surface area contributed by atoms with E-state index in [0.29, 0.717) is 18.5 Å². The van der Waals surface area contributed by atoms with Crippen LogP contribution in [0.15, 0.2) is 89.2 Å². The second-order valence-corrected chi connectivity index (χ2v) is 6.95. The summed E-state index contributed by atoms with van der Waals surface area (Å²) < 4.78 is 1.73. The van der Waals surface area contributed by atoms with E-state index in [9.17, 15) is 19.5 Å². The highest BCUT2D eigenvalue weighted by Gasteiger charge is 2.22. The van der Waals surface area contributed by atoms with Crippen molar-refractivity contribution >= 4 is 11.8 Å². The van der Waals surface area contributed by atoms with Crippen molar-refractivity contribution in [3.05, 3.63) is 117 Å². The summed E-state index contributed by atoms with van der Waals surface area (Å²) in [5, 5.41) is 18.6. The van der Waals surface area contributed by atoms with Crippen LogP contribution in [0.5, 0.6) is 0 Å². The highest BCUT2D eigenvalue weighted by atomic mass is 16.4. The molecule has 0 saturated heterocycles. The second kappa shape index (κ2) is 9.05. The van der Waals surface area contributed by atoms with E-state index in [1.165, 1.54) is 13.1 Å². The maximum Gasteiger partial charge on any atom is 0.371 e. The van der Waals surface area contributed by atoms with Crippen molar-refractivity contribution in [1.82, 2.24) is 4.57 Å². The van der Waals surface area contributed by atoms with Crippen molar-refractivity contribution in [1.29, 1.82) is 0 Å². The lowest BCUT2D eigenvalue weighted by molar-refractivity contribution is -0.135. The molecule has 1 heterocycles. The molecule has 3 rings (SSSR count). The number of Topliss-reactive ketones (excluding diaryl/α,β-unsaturated/α-hetero) is 1. The van der Waals surface area contributed by atoms with Gasteiger partial charge in [-0.05, 0) is 18.1 Å². The molecule has 0 fully saturated rings. The predicted molar refractivity (Wildman–Crippen MR) is 113 cm³/mol. The van der Waals surface area contributed by atoms with E-state index in [1.54, 1.807) is 10.8 Å².